The first-order valence-corrected chi connectivity index (χ1v) is 6.66. The van der Waals surface area contributed by atoms with Crippen LogP contribution in [0.15, 0.2) is 0 Å². The highest BCUT2D eigenvalue weighted by molar-refractivity contribution is 5.86. The van der Waals surface area contributed by atoms with E-state index in [0.717, 1.165) is 0 Å². The molecule has 0 spiro atoms. The van der Waals surface area contributed by atoms with Gasteiger partial charge in [-0.05, 0) is 13.3 Å². The summed E-state index contributed by atoms with van der Waals surface area (Å²) < 4.78 is 36.8. The number of rotatable bonds is 4. The van der Waals surface area contributed by atoms with Crippen LogP contribution in [0, 0.1) is 0 Å². The molecule has 0 aromatic rings. The summed E-state index contributed by atoms with van der Waals surface area (Å²) in [6.45, 7) is 1.02. The Balaban J connectivity index is 2.35. The summed E-state index contributed by atoms with van der Waals surface area (Å²) in [5.74, 6) is -0.254. The van der Waals surface area contributed by atoms with E-state index >= 15 is 0 Å². The number of carbonyl (C=O) groups excluding carboxylic acids is 2. The van der Waals surface area contributed by atoms with Gasteiger partial charge in [-0.1, -0.05) is 0 Å². The van der Waals surface area contributed by atoms with E-state index in [1.165, 1.54) is 9.80 Å². The SMILES string of the molecule is C[C@H](NC(=O)N[C@@H]1CCN(CC(F)(F)F)C1)C(=O)N(C)C. The van der Waals surface area contributed by atoms with Crippen LogP contribution in [-0.2, 0) is 4.79 Å². The summed E-state index contributed by atoms with van der Waals surface area (Å²) in [5, 5.41) is 5.06. The van der Waals surface area contributed by atoms with Gasteiger partial charge in [0.1, 0.15) is 6.04 Å². The van der Waals surface area contributed by atoms with Gasteiger partial charge < -0.3 is 15.5 Å². The predicted octanol–water partition coefficient (Wildman–Crippen LogP) is 0.399. The number of alkyl halides is 3. The van der Waals surface area contributed by atoms with Crippen molar-refractivity contribution >= 4 is 11.9 Å². The maximum Gasteiger partial charge on any atom is 0.401 e. The molecule has 9 heteroatoms. The molecule has 1 aliphatic rings. The van der Waals surface area contributed by atoms with Gasteiger partial charge in [0.15, 0.2) is 0 Å². The second-order valence-corrected chi connectivity index (χ2v) is 5.41. The molecule has 1 saturated heterocycles. The van der Waals surface area contributed by atoms with Crippen LogP contribution in [-0.4, -0.2) is 73.7 Å². The molecule has 0 aliphatic carbocycles. The van der Waals surface area contributed by atoms with Crippen LogP contribution in [0.4, 0.5) is 18.0 Å². The second kappa shape index (κ2) is 6.97. The van der Waals surface area contributed by atoms with Gasteiger partial charge in [0, 0.05) is 33.2 Å². The minimum Gasteiger partial charge on any atom is -0.347 e. The van der Waals surface area contributed by atoms with Gasteiger partial charge in [-0.25, -0.2) is 4.79 Å². The zero-order valence-electron chi connectivity index (χ0n) is 12.3. The number of carbonyl (C=O) groups is 2. The van der Waals surface area contributed by atoms with Crippen molar-refractivity contribution in [3.63, 3.8) is 0 Å². The van der Waals surface area contributed by atoms with Gasteiger partial charge in [0.2, 0.25) is 5.91 Å². The molecule has 21 heavy (non-hydrogen) atoms. The van der Waals surface area contributed by atoms with Crippen molar-refractivity contribution in [3.05, 3.63) is 0 Å². The third-order valence-electron chi connectivity index (χ3n) is 3.17. The maximum atomic E-state index is 12.3. The molecule has 3 amide bonds. The van der Waals surface area contributed by atoms with Crippen molar-refractivity contribution in [1.29, 1.82) is 0 Å². The molecule has 6 nitrogen and oxygen atoms in total. The minimum atomic E-state index is -4.23. The fourth-order valence-corrected chi connectivity index (χ4v) is 2.22. The third-order valence-corrected chi connectivity index (χ3v) is 3.17. The van der Waals surface area contributed by atoms with Crippen molar-refractivity contribution in [1.82, 2.24) is 20.4 Å². The highest BCUT2D eigenvalue weighted by Crippen LogP contribution is 2.19. The standard InChI is InChI=1S/C12H21F3N4O2/c1-8(10(20)18(2)3)16-11(21)17-9-4-5-19(6-9)7-12(13,14)15/h8-9H,4-7H2,1-3H3,(H2,16,17,21)/t8-,9+/m0/s1. The van der Waals surface area contributed by atoms with Crippen molar-refractivity contribution in [3.8, 4) is 0 Å². The first kappa shape index (κ1) is 17.5. The number of amides is 3. The molecule has 0 bridgehead atoms. The van der Waals surface area contributed by atoms with E-state index < -0.39 is 24.8 Å². The van der Waals surface area contributed by atoms with Crippen molar-refractivity contribution in [2.45, 2.75) is 31.6 Å². The lowest BCUT2D eigenvalue weighted by Gasteiger charge is -2.20. The molecule has 0 radical (unpaired) electrons. The fraction of sp³-hybridized carbons (Fsp3) is 0.833. The number of nitrogens with zero attached hydrogens (tertiary/aromatic N) is 2. The summed E-state index contributed by atoms with van der Waals surface area (Å²) >= 11 is 0. The quantitative estimate of drug-likeness (QED) is 0.790. The van der Waals surface area contributed by atoms with Crippen LogP contribution in [0.2, 0.25) is 0 Å². The average molecular weight is 310 g/mol. The molecule has 2 N–H and O–H groups in total. The first-order valence-electron chi connectivity index (χ1n) is 6.66. The minimum absolute atomic E-state index is 0.156. The number of urea groups is 1. The van der Waals surface area contributed by atoms with Gasteiger partial charge in [0.25, 0.3) is 0 Å². The summed E-state index contributed by atoms with van der Waals surface area (Å²) in [6, 6.07) is -1.57. The molecular weight excluding hydrogens is 289 g/mol. The zero-order chi connectivity index (χ0) is 16.2. The first-order chi connectivity index (χ1) is 9.58. The summed E-state index contributed by atoms with van der Waals surface area (Å²) in [4.78, 5) is 25.9. The van der Waals surface area contributed by atoms with Crippen molar-refractivity contribution < 1.29 is 22.8 Å². The van der Waals surface area contributed by atoms with Crippen LogP contribution in [0.3, 0.4) is 0 Å². The molecule has 2 atom stereocenters. The van der Waals surface area contributed by atoms with Gasteiger partial charge in [-0.2, -0.15) is 13.2 Å². The van der Waals surface area contributed by atoms with Crippen LogP contribution in [0.25, 0.3) is 0 Å². The van der Waals surface area contributed by atoms with E-state index in [1.54, 1.807) is 21.0 Å². The lowest BCUT2D eigenvalue weighted by atomic mass is 10.2. The molecule has 0 aromatic carbocycles. The Labute approximate surface area is 121 Å². The lowest BCUT2D eigenvalue weighted by molar-refractivity contribution is -0.143. The van der Waals surface area contributed by atoms with Gasteiger partial charge in [0.05, 0.1) is 6.54 Å². The van der Waals surface area contributed by atoms with Crippen LogP contribution < -0.4 is 10.6 Å². The zero-order valence-corrected chi connectivity index (χ0v) is 12.3. The molecule has 122 valence electrons. The van der Waals surface area contributed by atoms with Gasteiger partial charge in [-0.3, -0.25) is 9.69 Å². The fourth-order valence-electron chi connectivity index (χ4n) is 2.22. The van der Waals surface area contributed by atoms with E-state index in [1.807, 2.05) is 0 Å². The summed E-state index contributed by atoms with van der Waals surface area (Å²) in [6.07, 6.45) is -3.77. The molecule has 1 fully saturated rings. The Morgan fingerprint density at radius 1 is 1.38 bits per heavy atom. The average Bonchev–Trinajstić information content (AvgIpc) is 2.72. The predicted molar refractivity (Wildman–Crippen MR) is 70.7 cm³/mol. The van der Waals surface area contributed by atoms with E-state index in [4.69, 9.17) is 0 Å². The lowest BCUT2D eigenvalue weighted by Crippen LogP contribution is -2.51. The second-order valence-electron chi connectivity index (χ2n) is 5.41. The summed E-state index contributed by atoms with van der Waals surface area (Å²) in [7, 11) is 3.15. The normalized spacial score (nSPS) is 21.0. The number of likely N-dealkylation sites (N-methyl/N-ethyl adjacent to an activating group) is 1. The van der Waals surface area contributed by atoms with Crippen LogP contribution in [0.1, 0.15) is 13.3 Å². The monoisotopic (exact) mass is 310 g/mol. The Morgan fingerprint density at radius 3 is 2.52 bits per heavy atom. The molecule has 1 heterocycles. The third kappa shape index (κ3) is 6.19. The Kier molecular flexibility index (Phi) is 5.82. The number of halogens is 3. The smallest absolute Gasteiger partial charge is 0.347 e. The van der Waals surface area contributed by atoms with Gasteiger partial charge in [-0.15, -0.1) is 0 Å². The van der Waals surface area contributed by atoms with Crippen LogP contribution >= 0.6 is 0 Å². The summed E-state index contributed by atoms with van der Waals surface area (Å²) in [5.41, 5.74) is 0. The Bertz CT molecular complexity index is 387. The molecule has 0 saturated carbocycles. The van der Waals surface area contributed by atoms with E-state index in [0.29, 0.717) is 6.42 Å². The number of likely N-dealkylation sites (tertiary alicyclic amines) is 1. The Morgan fingerprint density at radius 2 is 2.00 bits per heavy atom. The van der Waals surface area contributed by atoms with E-state index in [9.17, 15) is 22.8 Å². The van der Waals surface area contributed by atoms with Gasteiger partial charge >= 0.3 is 12.2 Å². The highest BCUT2D eigenvalue weighted by atomic mass is 19.4. The van der Waals surface area contributed by atoms with Crippen LogP contribution in [0.5, 0.6) is 0 Å². The van der Waals surface area contributed by atoms with E-state index in [-0.39, 0.29) is 25.0 Å². The molecule has 0 unspecified atom stereocenters. The number of hydrogen-bond donors (Lipinski definition) is 2. The molecule has 1 aliphatic heterocycles. The molecule has 1 rings (SSSR count). The van der Waals surface area contributed by atoms with Crippen molar-refractivity contribution in [2.75, 3.05) is 33.7 Å². The topological polar surface area (TPSA) is 64.7 Å². The highest BCUT2D eigenvalue weighted by Gasteiger charge is 2.34. The molecule has 0 aromatic heterocycles. The molecular formula is C12H21F3N4O2. The number of hydrogen-bond acceptors (Lipinski definition) is 3. The maximum absolute atomic E-state index is 12.3. The van der Waals surface area contributed by atoms with Crippen molar-refractivity contribution in [2.24, 2.45) is 0 Å². The Hall–Kier alpha value is -1.51. The largest absolute Gasteiger partial charge is 0.401 e. The van der Waals surface area contributed by atoms with E-state index in [2.05, 4.69) is 10.6 Å². The number of nitrogens with one attached hydrogen (secondary N) is 2.